The molecule has 4 atom stereocenters. The largest absolute Gasteiger partial charge is 0.482 e. The van der Waals surface area contributed by atoms with E-state index in [0.29, 0.717) is 6.42 Å². The molecule has 0 aromatic heterocycles. The number of nitrogens with two attached hydrogens (primary N) is 1. The van der Waals surface area contributed by atoms with Crippen LogP contribution < -0.4 is 5.73 Å². The summed E-state index contributed by atoms with van der Waals surface area (Å²) in [4.78, 5) is 21.9. The average molecular weight is 287 g/mol. The zero-order chi connectivity index (χ0) is 10.7. The standard InChI is InChI=1S/C9H12NO4.Y/c1-8(6(11)12)4-2-3-9(10,5(4)8)7(13)14;/h3-5H,2,10H2,1H3,(H,11,12)(H,13,14);/q-1;. The predicted molar refractivity (Wildman–Crippen MR) is 46.2 cm³/mol. The molecule has 6 heteroatoms. The summed E-state index contributed by atoms with van der Waals surface area (Å²) in [7, 11) is 0. The first-order valence-corrected chi connectivity index (χ1v) is 4.45. The van der Waals surface area contributed by atoms with E-state index < -0.39 is 28.8 Å². The second kappa shape index (κ2) is 3.50. The van der Waals surface area contributed by atoms with Crippen molar-refractivity contribution in [1.29, 1.82) is 0 Å². The third-order valence-electron chi connectivity index (χ3n) is 3.76. The molecule has 0 heterocycles. The number of carboxylic acids is 2. The zero-order valence-corrected chi connectivity index (χ0v) is 11.1. The van der Waals surface area contributed by atoms with Crippen LogP contribution in [0.25, 0.3) is 0 Å². The molecule has 0 amide bonds. The minimum absolute atomic E-state index is 0. The van der Waals surface area contributed by atoms with Crippen molar-refractivity contribution in [2.75, 3.05) is 0 Å². The van der Waals surface area contributed by atoms with E-state index >= 15 is 0 Å². The molecule has 4 unspecified atom stereocenters. The van der Waals surface area contributed by atoms with Crippen molar-refractivity contribution in [3.05, 3.63) is 6.42 Å². The van der Waals surface area contributed by atoms with Crippen LogP contribution >= 0.6 is 0 Å². The summed E-state index contributed by atoms with van der Waals surface area (Å²) in [5.41, 5.74) is 3.29. The van der Waals surface area contributed by atoms with Crippen molar-refractivity contribution in [1.82, 2.24) is 0 Å². The van der Waals surface area contributed by atoms with Crippen molar-refractivity contribution in [3.63, 3.8) is 0 Å². The summed E-state index contributed by atoms with van der Waals surface area (Å²) >= 11 is 0. The topological polar surface area (TPSA) is 101 Å². The van der Waals surface area contributed by atoms with Crippen LogP contribution in [0.2, 0.25) is 0 Å². The van der Waals surface area contributed by atoms with E-state index in [1.807, 2.05) is 0 Å². The maximum Gasteiger partial charge on any atom is 0.309 e. The van der Waals surface area contributed by atoms with Gasteiger partial charge >= 0.3 is 5.97 Å². The van der Waals surface area contributed by atoms with Gasteiger partial charge in [-0.15, -0.1) is 0 Å². The summed E-state index contributed by atoms with van der Waals surface area (Å²) in [5, 5.41) is 17.9. The van der Waals surface area contributed by atoms with Gasteiger partial charge in [-0.3, -0.25) is 16.0 Å². The van der Waals surface area contributed by atoms with Gasteiger partial charge in [-0.25, -0.2) is 0 Å². The number of carbonyl (C=O) groups is 2. The van der Waals surface area contributed by atoms with Gasteiger partial charge in [0.25, 0.3) is 5.97 Å². The van der Waals surface area contributed by atoms with Gasteiger partial charge in [0.15, 0.2) is 0 Å². The second-order valence-electron chi connectivity index (χ2n) is 4.35. The molecule has 0 saturated heterocycles. The molecule has 0 aromatic rings. The molecule has 5 nitrogen and oxygen atoms in total. The molecule has 15 heavy (non-hydrogen) atoms. The molecule has 0 bridgehead atoms. The normalized spacial score (nSPS) is 46.5. The summed E-state index contributed by atoms with van der Waals surface area (Å²) in [6, 6.07) is 0. The van der Waals surface area contributed by atoms with E-state index in [9.17, 15) is 9.59 Å². The molecular formula is C9H12NO4Y-. The Kier molecular flexibility index (Phi) is 3.05. The molecule has 2 saturated carbocycles. The predicted octanol–water partition coefficient (Wildman–Crippen LogP) is -0.289. The van der Waals surface area contributed by atoms with Crippen molar-refractivity contribution >= 4 is 11.9 Å². The minimum Gasteiger partial charge on any atom is -0.482 e. The van der Waals surface area contributed by atoms with E-state index in [1.165, 1.54) is 6.42 Å². The molecule has 2 aliphatic rings. The van der Waals surface area contributed by atoms with E-state index in [0.717, 1.165) is 0 Å². The van der Waals surface area contributed by atoms with E-state index in [1.54, 1.807) is 6.92 Å². The van der Waals surface area contributed by atoms with Gasteiger partial charge in [0.05, 0.1) is 5.41 Å². The van der Waals surface area contributed by atoms with Crippen LogP contribution in [0, 0.1) is 23.7 Å². The van der Waals surface area contributed by atoms with E-state index in [2.05, 4.69) is 0 Å². The fraction of sp³-hybridized carbons (Fsp3) is 0.667. The molecule has 2 fully saturated rings. The smallest absolute Gasteiger partial charge is 0.309 e. The average Bonchev–Trinajstić information content (AvgIpc) is 2.50. The molecule has 2 aliphatic carbocycles. The van der Waals surface area contributed by atoms with Gasteiger partial charge in [0.1, 0.15) is 0 Å². The van der Waals surface area contributed by atoms with Gasteiger partial charge < -0.3 is 15.9 Å². The molecular weight excluding hydrogens is 275 g/mol. The van der Waals surface area contributed by atoms with Crippen LogP contribution in [0.15, 0.2) is 0 Å². The van der Waals surface area contributed by atoms with E-state index in [-0.39, 0.29) is 38.6 Å². The van der Waals surface area contributed by atoms with Gasteiger partial charge in [0, 0.05) is 32.7 Å². The Bertz CT molecular complexity index is 334. The van der Waals surface area contributed by atoms with Gasteiger partial charge in [-0.05, 0) is 24.3 Å². The number of aliphatic carboxylic acids is 2. The number of rotatable bonds is 2. The van der Waals surface area contributed by atoms with Crippen LogP contribution in [0.4, 0.5) is 0 Å². The van der Waals surface area contributed by atoms with Gasteiger partial charge in [0.2, 0.25) is 0 Å². The van der Waals surface area contributed by atoms with Crippen LogP contribution in [0.3, 0.4) is 0 Å². The molecule has 4 N–H and O–H groups in total. The number of hydrogen-bond acceptors (Lipinski definition) is 3. The minimum atomic E-state index is -1.45. The Labute approximate surface area is 112 Å². The summed E-state index contributed by atoms with van der Waals surface area (Å²) in [6.07, 6.45) is 2.01. The number of carboxylic acid groups (broad SMARTS) is 2. The molecule has 1 radical (unpaired) electrons. The van der Waals surface area contributed by atoms with Crippen LogP contribution in [-0.2, 0) is 42.3 Å². The van der Waals surface area contributed by atoms with Crippen molar-refractivity contribution in [2.45, 2.75) is 18.9 Å². The second-order valence-corrected chi connectivity index (χ2v) is 4.35. The van der Waals surface area contributed by atoms with Crippen LogP contribution in [0.5, 0.6) is 0 Å². The number of hydrogen-bond donors (Lipinski definition) is 3. The first-order chi connectivity index (χ1) is 6.35. The summed E-state index contributed by atoms with van der Waals surface area (Å²) in [5.74, 6) is -2.64. The Morgan fingerprint density at radius 1 is 1.40 bits per heavy atom. The monoisotopic (exact) mass is 287 g/mol. The van der Waals surface area contributed by atoms with Crippen molar-refractivity contribution in [3.8, 4) is 0 Å². The Balaban J connectivity index is 0.00000112. The Morgan fingerprint density at radius 2 is 1.93 bits per heavy atom. The first-order valence-electron chi connectivity index (χ1n) is 4.45. The fourth-order valence-corrected chi connectivity index (χ4v) is 2.77. The molecule has 0 aliphatic heterocycles. The van der Waals surface area contributed by atoms with Crippen molar-refractivity contribution in [2.24, 2.45) is 23.0 Å². The quantitative estimate of drug-likeness (QED) is 0.606. The third kappa shape index (κ3) is 1.40. The fourth-order valence-electron chi connectivity index (χ4n) is 2.77. The third-order valence-corrected chi connectivity index (χ3v) is 3.76. The van der Waals surface area contributed by atoms with Gasteiger partial charge in [-0.1, -0.05) is 0 Å². The van der Waals surface area contributed by atoms with Crippen LogP contribution in [-0.4, -0.2) is 27.7 Å². The summed E-state index contributed by atoms with van der Waals surface area (Å²) < 4.78 is 0. The molecule has 0 spiro atoms. The Hall–Kier alpha value is 0.00390. The summed E-state index contributed by atoms with van der Waals surface area (Å²) in [6.45, 7) is 1.57. The van der Waals surface area contributed by atoms with Gasteiger partial charge in [-0.2, -0.15) is 6.42 Å². The van der Waals surface area contributed by atoms with Crippen molar-refractivity contribution < 1.29 is 52.5 Å². The SMILES string of the molecule is CC1(C(=O)O)C2C[CH-]C(N)(C(=O)O)C21.[Y]. The maximum absolute atomic E-state index is 10.9. The maximum atomic E-state index is 10.9. The zero-order valence-electron chi connectivity index (χ0n) is 8.30. The Morgan fingerprint density at radius 3 is 2.27 bits per heavy atom. The molecule has 0 aromatic carbocycles. The first kappa shape index (κ1) is 13.1. The molecule has 2 rings (SSSR count). The molecule has 81 valence electrons. The van der Waals surface area contributed by atoms with Crippen LogP contribution in [0.1, 0.15) is 13.3 Å². The van der Waals surface area contributed by atoms with E-state index in [4.69, 9.17) is 15.9 Å². The number of fused-ring (bicyclic) bond motifs is 1.